The molecular weight excluding hydrogens is 236 g/mol. The van der Waals surface area contributed by atoms with Crippen molar-refractivity contribution in [3.8, 4) is 0 Å². The van der Waals surface area contributed by atoms with E-state index in [2.05, 4.69) is 16.9 Å². The van der Waals surface area contributed by atoms with Crippen LogP contribution in [0.1, 0.15) is 16.6 Å². The highest BCUT2D eigenvalue weighted by molar-refractivity contribution is 7.12. The Hall–Kier alpha value is -1.62. The van der Waals surface area contributed by atoms with E-state index in [1.54, 1.807) is 27.2 Å². The van der Waals surface area contributed by atoms with Gasteiger partial charge in [0.25, 0.3) is 0 Å². The summed E-state index contributed by atoms with van der Waals surface area (Å²) in [7, 11) is 3.46. The first-order valence-electron chi connectivity index (χ1n) is 5.24. The van der Waals surface area contributed by atoms with Crippen molar-refractivity contribution in [3.05, 3.63) is 14.6 Å². The van der Waals surface area contributed by atoms with Gasteiger partial charge in [0.15, 0.2) is 0 Å². The average Bonchev–Trinajstić information content (AvgIpc) is 2.63. The van der Waals surface area contributed by atoms with Gasteiger partial charge < -0.3 is 10.1 Å². The Labute approximate surface area is 104 Å². The topological polar surface area (TPSA) is 50.7 Å². The molecule has 1 heterocycles. The summed E-state index contributed by atoms with van der Waals surface area (Å²) in [6, 6.07) is 0. The van der Waals surface area contributed by atoms with Crippen LogP contribution in [0.4, 0.5) is 5.69 Å². The smallest absolute Gasteiger partial charge is 0.350 e. The number of anilines is 1. The fourth-order valence-corrected chi connectivity index (χ4v) is 2.39. The predicted octanol–water partition coefficient (Wildman–Crippen LogP) is 0.858. The molecule has 92 valence electrons. The minimum Gasteiger partial charge on any atom is -0.462 e. The van der Waals surface area contributed by atoms with Crippen molar-refractivity contribution >= 4 is 41.9 Å². The molecule has 0 saturated heterocycles. The number of esters is 1. The number of hydrogen-bond donors (Lipinski definition) is 1. The summed E-state index contributed by atoms with van der Waals surface area (Å²) in [6.45, 7) is 6.07. The second-order valence-corrected chi connectivity index (χ2v) is 4.29. The molecule has 0 saturated carbocycles. The van der Waals surface area contributed by atoms with Crippen molar-refractivity contribution in [2.24, 2.45) is 4.99 Å². The Morgan fingerprint density at radius 2 is 2.35 bits per heavy atom. The number of thiophene rings is 1. The second-order valence-electron chi connectivity index (χ2n) is 3.19. The summed E-state index contributed by atoms with van der Waals surface area (Å²) in [6.07, 6.45) is 3.50. The maximum Gasteiger partial charge on any atom is 0.350 e. The van der Waals surface area contributed by atoms with Gasteiger partial charge in [0.05, 0.1) is 12.3 Å². The zero-order chi connectivity index (χ0) is 12.8. The third-order valence-corrected chi connectivity index (χ3v) is 3.16. The lowest BCUT2D eigenvalue weighted by Crippen LogP contribution is -2.20. The largest absolute Gasteiger partial charge is 0.462 e. The van der Waals surface area contributed by atoms with Crippen LogP contribution < -0.4 is 15.1 Å². The molecule has 4 nitrogen and oxygen atoms in total. The van der Waals surface area contributed by atoms with Gasteiger partial charge in [-0.25, -0.2) is 4.79 Å². The summed E-state index contributed by atoms with van der Waals surface area (Å²) in [5.74, 6) is -0.320. The second kappa shape index (κ2) is 6.20. The van der Waals surface area contributed by atoms with E-state index >= 15 is 0 Å². The fraction of sp³-hybridized carbons (Fsp3) is 0.333. The molecule has 1 N–H and O–H groups in total. The molecule has 0 aromatic carbocycles. The zero-order valence-corrected chi connectivity index (χ0v) is 11.1. The molecule has 1 aromatic rings. The molecule has 1 aromatic heterocycles. The maximum absolute atomic E-state index is 11.7. The van der Waals surface area contributed by atoms with Crippen LogP contribution in [-0.2, 0) is 4.74 Å². The summed E-state index contributed by atoms with van der Waals surface area (Å²) >= 11 is 1.32. The van der Waals surface area contributed by atoms with Gasteiger partial charge in [-0.05, 0) is 13.0 Å². The van der Waals surface area contributed by atoms with Crippen LogP contribution >= 0.6 is 11.3 Å². The van der Waals surface area contributed by atoms with Crippen LogP contribution in [-0.4, -0.2) is 32.9 Å². The van der Waals surface area contributed by atoms with Crippen molar-refractivity contribution in [1.82, 2.24) is 0 Å². The minimum absolute atomic E-state index is 0.320. The Morgan fingerprint density at radius 1 is 1.65 bits per heavy atom. The van der Waals surface area contributed by atoms with Crippen molar-refractivity contribution in [2.45, 2.75) is 6.92 Å². The zero-order valence-electron chi connectivity index (χ0n) is 10.2. The lowest BCUT2D eigenvalue weighted by atomic mass is 10.3. The number of carbonyl (C=O) groups excluding carboxylic acids is 1. The van der Waals surface area contributed by atoms with E-state index in [0.717, 1.165) is 15.4 Å². The van der Waals surface area contributed by atoms with Gasteiger partial charge in [0, 0.05) is 30.1 Å². The summed E-state index contributed by atoms with van der Waals surface area (Å²) in [5.41, 5.74) is 0.748. The standard InChI is InChI=1S/C12H16N2O2S/c1-5-16-12(15)11-10(14-4)9(6-7-13-3)8(2)17-11/h6-7,14H,2,5H2,1,3-4H3/b9-6+,13-7-. The Bertz CT molecular complexity index is 531. The van der Waals surface area contributed by atoms with Gasteiger partial charge in [-0.1, -0.05) is 6.58 Å². The van der Waals surface area contributed by atoms with E-state index in [4.69, 9.17) is 4.74 Å². The van der Waals surface area contributed by atoms with Gasteiger partial charge in [0.2, 0.25) is 0 Å². The van der Waals surface area contributed by atoms with Gasteiger partial charge in [-0.2, -0.15) is 0 Å². The van der Waals surface area contributed by atoms with Crippen LogP contribution in [0, 0.1) is 0 Å². The average molecular weight is 252 g/mol. The summed E-state index contributed by atoms with van der Waals surface area (Å²) < 4.78 is 5.82. The van der Waals surface area contributed by atoms with Crippen LogP contribution in [0.25, 0.3) is 12.7 Å². The Kier molecular flexibility index (Phi) is 4.90. The molecule has 1 rings (SSSR count). The van der Waals surface area contributed by atoms with Gasteiger partial charge in [0.1, 0.15) is 4.88 Å². The van der Waals surface area contributed by atoms with E-state index < -0.39 is 0 Å². The molecule has 0 spiro atoms. The molecule has 0 aliphatic carbocycles. The van der Waals surface area contributed by atoms with E-state index in [0.29, 0.717) is 11.5 Å². The van der Waals surface area contributed by atoms with E-state index in [1.807, 2.05) is 6.08 Å². The van der Waals surface area contributed by atoms with Crippen molar-refractivity contribution in [2.75, 3.05) is 26.0 Å². The molecule has 0 aliphatic heterocycles. The third kappa shape index (κ3) is 2.94. The Balaban J connectivity index is 3.36. The van der Waals surface area contributed by atoms with Gasteiger partial charge in [-0.3, -0.25) is 4.99 Å². The number of rotatable bonds is 4. The highest BCUT2D eigenvalue weighted by Crippen LogP contribution is 2.14. The third-order valence-electron chi connectivity index (χ3n) is 2.12. The van der Waals surface area contributed by atoms with E-state index in [9.17, 15) is 4.79 Å². The van der Waals surface area contributed by atoms with Crippen molar-refractivity contribution in [1.29, 1.82) is 0 Å². The molecule has 17 heavy (non-hydrogen) atoms. The first kappa shape index (κ1) is 13.4. The minimum atomic E-state index is -0.320. The lowest BCUT2D eigenvalue weighted by Gasteiger charge is -2.02. The molecule has 0 fully saturated rings. The molecular formula is C12H16N2O2S. The summed E-state index contributed by atoms with van der Waals surface area (Å²) in [5, 5.41) is 3.89. The SMILES string of the molecule is C=c1sc(C(=O)OCC)c(NC)/c1=C/C=N\C. The van der Waals surface area contributed by atoms with Gasteiger partial charge >= 0.3 is 5.97 Å². The quantitative estimate of drug-likeness (QED) is 0.638. The number of ether oxygens (including phenoxy) is 1. The predicted molar refractivity (Wildman–Crippen MR) is 73.5 cm³/mol. The Morgan fingerprint density at radius 3 is 2.88 bits per heavy atom. The molecule has 0 radical (unpaired) electrons. The van der Waals surface area contributed by atoms with Crippen molar-refractivity contribution < 1.29 is 9.53 Å². The highest BCUT2D eigenvalue weighted by atomic mass is 32.1. The summed E-state index contributed by atoms with van der Waals surface area (Å²) in [4.78, 5) is 16.2. The lowest BCUT2D eigenvalue weighted by molar-refractivity contribution is 0.0533. The number of nitrogens with zero attached hydrogens (tertiary/aromatic N) is 1. The van der Waals surface area contributed by atoms with Crippen LogP contribution in [0.2, 0.25) is 0 Å². The number of nitrogens with one attached hydrogen (secondary N) is 1. The van der Waals surface area contributed by atoms with Crippen LogP contribution in [0.5, 0.6) is 0 Å². The molecule has 0 amide bonds. The number of aliphatic imine (C=N–C) groups is 1. The first-order chi connectivity index (χ1) is 8.15. The normalized spacial score (nSPS) is 12.1. The molecule has 0 bridgehead atoms. The first-order valence-corrected chi connectivity index (χ1v) is 6.06. The molecule has 0 aliphatic rings. The number of carbonyl (C=O) groups is 1. The van der Waals surface area contributed by atoms with Crippen LogP contribution in [0.15, 0.2) is 4.99 Å². The maximum atomic E-state index is 11.7. The van der Waals surface area contributed by atoms with Gasteiger partial charge in [-0.15, -0.1) is 11.3 Å². The highest BCUT2D eigenvalue weighted by Gasteiger charge is 2.16. The molecule has 0 atom stereocenters. The fourth-order valence-electron chi connectivity index (χ4n) is 1.40. The molecule has 0 unspecified atom stereocenters. The van der Waals surface area contributed by atoms with E-state index in [-0.39, 0.29) is 5.97 Å². The van der Waals surface area contributed by atoms with Crippen molar-refractivity contribution in [3.63, 3.8) is 0 Å². The monoisotopic (exact) mass is 252 g/mol. The van der Waals surface area contributed by atoms with Crippen LogP contribution in [0.3, 0.4) is 0 Å². The van der Waals surface area contributed by atoms with E-state index in [1.165, 1.54) is 11.3 Å². The number of hydrogen-bond acceptors (Lipinski definition) is 5. The molecule has 5 heteroatoms.